The van der Waals surface area contributed by atoms with Crippen LogP contribution in [0.2, 0.25) is 0 Å². The Bertz CT molecular complexity index is 384. The van der Waals surface area contributed by atoms with Gasteiger partial charge in [-0.1, -0.05) is 12.5 Å². The molecule has 0 bridgehead atoms. The Hall–Kier alpha value is -1.02. The fraction of sp³-hybridized carbons (Fsp3) is 0.571. The number of hydrogen-bond donors (Lipinski definition) is 1. The van der Waals surface area contributed by atoms with Gasteiger partial charge >= 0.3 is 0 Å². The number of rotatable bonds is 3. The summed E-state index contributed by atoms with van der Waals surface area (Å²) in [6.07, 6.45) is 6.26. The lowest BCUT2D eigenvalue weighted by atomic mass is 9.86. The smallest absolute Gasteiger partial charge is 0.119 e. The molecule has 1 aromatic carbocycles. The van der Waals surface area contributed by atoms with Gasteiger partial charge in [0.05, 0.1) is 6.61 Å². The van der Waals surface area contributed by atoms with E-state index in [9.17, 15) is 0 Å². The van der Waals surface area contributed by atoms with E-state index >= 15 is 0 Å². The van der Waals surface area contributed by atoms with Crippen molar-refractivity contribution in [1.82, 2.24) is 0 Å². The van der Waals surface area contributed by atoms with Gasteiger partial charge in [-0.25, -0.2) is 0 Å². The summed E-state index contributed by atoms with van der Waals surface area (Å²) in [5.74, 6) is 1.83. The van der Waals surface area contributed by atoms with Crippen molar-refractivity contribution in [2.45, 2.75) is 38.1 Å². The molecule has 2 aliphatic carbocycles. The molecule has 1 fully saturated rings. The van der Waals surface area contributed by atoms with E-state index in [2.05, 4.69) is 18.2 Å². The third-order valence-electron chi connectivity index (χ3n) is 3.95. The number of fused-ring (bicyclic) bond motifs is 1. The van der Waals surface area contributed by atoms with Gasteiger partial charge in [-0.15, -0.1) is 0 Å². The Balaban J connectivity index is 1.67. The van der Waals surface area contributed by atoms with Gasteiger partial charge in [0.1, 0.15) is 5.75 Å². The Kier molecular flexibility index (Phi) is 2.60. The van der Waals surface area contributed by atoms with Crippen LogP contribution < -0.4 is 10.5 Å². The minimum absolute atomic E-state index is 0.246. The van der Waals surface area contributed by atoms with Crippen LogP contribution in [0.25, 0.3) is 0 Å². The van der Waals surface area contributed by atoms with Crippen molar-refractivity contribution in [1.29, 1.82) is 0 Å². The largest absolute Gasteiger partial charge is 0.493 e. The van der Waals surface area contributed by atoms with Crippen LogP contribution >= 0.6 is 0 Å². The quantitative estimate of drug-likeness (QED) is 0.845. The molecule has 1 saturated carbocycles. The van der Waals surface area contributed by atoms with Gasteiger partial charge in [-0.2, -0.15) is 0 Å². The van der Waals surface area contributed by atoms with Crippen molar-refractivity contribution in [3.8, 4) is 5.75 Å². The van der Waals surface area contributed by atoms with E-state index < -0.39 is 0 Å². The number of nitrogens with two attached hydrogens (primary N) is 1. The molecule has 1 atom stereocenters. The SMILES string of the molecule is N[C@@H]1CCc2cc(OCC3CCC3)ccc21. The van der Waals surface area contributed by atoms with E-state index in [1.54, 1.807) is 0 Å². The Morgan fingerprint density at radius 1 is 1.25 bits per heavy atom. The second-order valence-corrected chi connectivity index (χ2v) is 5.11. The van der Waals surface area contributed by atoms with E-state index in [0.29, 0.717) is 0 Å². The van der Waals surface area contributed by atoms with E-state index in [0.717, 1.165) is 31.1 Å². The highest BCUT2D eigenvalue weighted by molar-refractivity contribution is 5.40. The van der Waals surface area contributed by atoms with Crippen molar-refractivity contribution >= 4 is 0 Å². The fourth-order valence-electron chi connectivity index (χ4n) is 2.59. The Morgan fingerprint density at radius 2 is 2.12 bits per heavy atom. The average molecular weight is 217 g/mol. The lowest BCUT2D eigenvalue weighted by Crippen LogP contribution is -2.19. The van der Waals surface area contributed by atoms with Crippen LogP contribution in [0.5, 0.6) is 5.75 Å². The molecule has 0 aliphatic heterocycles. The van der Waals surface area contributed by atoms with Crippen molar-refractivity contribution in [2.24, 2.45) is 11.7 Å². The molecule has 2 heteroatoms. The predicted octanol–water partition coefficient (Wildman–Crippen LogP) is 2.81. The standard InChI is InChI=1S/C14H19NO/c15-14-7-4-11-8-12(5-6-13(11)14)16-9-10-2-1-3-10/h5-6,8,10,14H,1-4,7,9,15H2/t14-/m1/s1. The maximum atomic E-state index is 6.01. The monoisotopic (exact) mass is 217 g/mol. The third kappa shape index (κ3) is 1.82. The first-order valence-electron chi connectivity index (χ1n) is 6.34. The predicted molar refractivity (Wildman–Crippen MR) is 64.5 cm³/mol. The normalized spacial score (nSPS) is 23.9. The fourth-order valence-corrected chi connectivity index (χ4v) is 2.59. The van der Waals surface area contributed by atoms with Crippen LogP contribution in [0.1, 0.15) is 42.9 Å². The minimum atomic E-state index is 0.246. The summed E-state index contributed by atoms with van der Waals surface area (Å²) >= 11 is 0. The van der Waals surface area contributed by atoms with Crippen molar-refractivity contribution in [2.75, 3.05) is 6.61 Å². The minimum Gasteiger partial charge on any atom is -0.493 e. The van der Waals surface area contributed by atoms with Gasteiger partial charge in [0.15, 0.2) is 0 Å². The van der Waals surface area contributed by atoms with Gasteiger partial charge in [-0.05, 0) is 54.9 Å². The van der Waals surface area contributed by atoms with Gasteiger partial charge < -0.3 is 10.5 Å². The highest BCUT2D eigenvalue weighted by Crippen LogP contribution is 2.32. The molecule has 2 N–H and O–H groups in total. The molecular weight excluding hydrogens is 198 g/mol. The highest BCUT2D eigenvalue weighted by Gasteiger charge is 2.20. The zero-order valence-corrected chi connectivity index (χ0v) is 9.61. The molecule has 2 nitrogen and oxygen atoms in total. The Labute approximate surface area is 96.8 Å². The lowest BCUT2D eigenvalue weighted by Gasteiger charge is -2.25. The molecule has 0 aromatic heterocycles. The van der Waals surface area contributed by atoms with Crippen molar-refractivity contribution < 1.29 is 4.74 Å². The van der Waals surface area contributed by atoms with Crippen LogP contribution in [0.3, 0.4) is 0 Å². The molecule has 3 rings (SSSR count). The maximum Gasteiger partial charge on any atom is 0.119 e. The molecule has 2 aliphatic rings. The summed E-state index contributed by atoms with van der Waals surface area (Å²) in [4.78, 5) is 0. The van der Waals surface area contributed by atoms with Gasteiger partial charge in [0.2, 0.25) is 0 Å². The summed E-state index contributed by atoms with van der Waals surface area (Å²) in [7, 11) is 0. The van der Waals surface area contributed by atoms with Crippen LogP contribution in [0.15, 0.2) is 18.2 Å². The molecule has 0 unspecified atom stereocenters. The summed E-state index contributed by atoms with van der Waals surface area (Å²) < 4.78 is 5.83. The summed E-state index contributed by atoms with van der Waals surface area (Å²) in [5, 5.41) is 0. The Morgan fingerprint density at radius 3 is 2.88 bits per heavy atom. The van der Waals surface area contributed by atoms with Crippen LogP contribution in [-0.4, -0.2) is 6.61 Å². The number of aryl methyl sites for hydroxylation is 1. The van der Waals surface area contributed by atoms with Crippen molar-refractivity contribution in [3.63, 3.8) is 0 Å². The van der Waals surface area contributed by atoms with Gasteiger partial charge in [-0.3, -0.25) is 0 Å². The summed E-state index contributed by atoms with van der Waals surface area (Å²) in [5.41, 5.74) is 8.71. The summed E-state index contributed by atoms with van der Waals surface area (Å²) in [6, 6.07) is 6.64. The molecular formula is C14H19NO. The van der Waals surface area contributed by atoms with E-state index in [1.165, 1.54) is 30.4 Å². The molecule has 0 radical (unpaired) electrons. The molecule has 0 saturated heterocycles. The third-order valence-corrected chi connectivity index (χ3v) is 3.95. The number of benzene rings is 1. The van der Waals surface area contributed by atoms with E-state index in [1.807, 2.05) is 0 Å². The molecule has 86 valence electrons. The number of hydrogen-bond acceptors (Lipinski definition) is 2. The van der Waals surface area contributed by atoms with Crippen LogP contribution in [0.4, 0.5) is 0 Å². The first-order valence-corrected chi connectivity index (χ1v) is 6.34. The molecule has 0 spiro atoms. The zero-order valence-electron chi connectivity index (χ0n) is 9.61. The van der Waals surface area contributed by atoms with Gasteiger partial charge in [0.25, 0.3) is 0 Å². The topological polar surface area (TPSA) is 35.2 Å². The zero-order chi connectivity index (χ0) is 11.0. The molecule has 0 heterocycles. The highest BCUT2D eigenvalue weighted by atomic mass is 16.5. The maximum absolute atomic E-state index is 6.01. The van der Waals surface area contributed by atoms with Gasteiger partial charge in [0, 0.05) is 6.04 Å². The lowest BCUT2D eigenvalue weighted by molar-refractivity contribution is 0.180. The second kappa shape index (κ2) is 4.10. The second-order valence-electron chi connectivity index (χ2n) is 5.11. The van der Waals surface area contributed by atoms with E-state index in [-0.39, 0.29) is 6.04 Å². The first kappa shape index (κ1) is 10.2. The molecule has 0 amide bonds. The summed E-state index contributed by atoms with van der Waals surface area (Å²) in [6.45, 7) is 0.894. The van der Waals surface area contributed by atoms with E-state index in [4.69, 9.17) is 10.5 Å². The molecule has 16 heavy (non-hydrogen) atoms. The van der Waals surface area contributed by atoms with Crippen LogP contribution in [0, 0.1) is 5.92 Å². The van der Waals surface area contributed by atoms with Crippen LogP contribution in [-0.2, 0) is 6.42 Å². The number of ether oxygens (including phenoxy) is 1. The average Bonchev–Trinajstić information content (AvgIpc) is 2.58. The van der Waals surface area contributed by atoms with Crippen molar-refractivity contribution in [3.05, 3.63) is 29.3 Å². The molecule has 1 aromatic rings. The first-order chi connectivity index (χ1) is 7.83.